The second kappa shape index (κ2) is 7.85. The molecule has 0 aliphatic carbocycles. The summed E-state index contributed by atoms with van der Waals surface area (Å²) in [6.45, 7) is 4.97. The number of aliphatic hydroxyl groups excluding tert-OH is 1. The fourth-order valence-electron chi connectivity index (χ4n) is 3.61. The summed E-state index contributed by atoms with van der Waals surface area (Å²) in [5.41, 5.74) is 1.38. The van der Waals surface area contributed by atoms with Crippen LogP contribution in [0.4, 0.5) is 0 Å². The van der Waals surface area contributed by atoms with Gasteiger partial charge in [-0.2, -0.15) is 0 Å². The molecule has 7 nitrogen and oxygen atoms in total. The molecule has 1 aliphatic heterocycles. The smallest absolute Gasteiger partial charge is 0.295 e. The highest BCUT2D eigenvalue weighted by Gasteiger charge is 2.25. The summed E-state index contributed by atoms with van der Waals surface area (Å²) in [6.07, 6.45) is 5.67. The average molecular weight is 413 g/mol. The van der Waals surface area contributed by atoms with Gasteiger partial charge in [0.25, 0.3) is 11.5 Å². The van der Waals surface area contributed by atoms with Crippen molar-refractivity contribution in [2.75, 3.05) is 13.1 Å². The van der Waals surface area contributed by atoms with Gasteiger partial charge in [0.1, 0.15) is 5.69 Å². The van der Waals surface area contributed by atoms with Gasteiger partial charge in [0.05, 0.1) is 11.8 Å². The van der Waals surface area contributed by atoms with Crippen LogP contribution in [0.3, 0.4) is 0 Å². The van der Waals surface area contributed by atoms with E-state index in [1.54, 1.807) is 38.4 Å². The number of fused-ring (bicyclic) bond motifs is 1. The van der Waals surface area contributed by atoms with Crippen LogP contribution in [0.1, 0.15) is 23.3 Å². The highest BCUT2D eigenvalue weighted by Crippen LogP contribution is 2.27. The molecule has 1 amide bonds. The molecule has 0 spiro atoms. The van der Waals surface area contributed by atoms with Gasteiger partial charge in [0, 0.05) is 42.6 Å². The number of piperidine rings is 1. The summed E-state index contributed by atoms with van der Waals surface area (Å²) in [4.78, 5) is 31.9. The standard InChI is InChI=1S/C21H21ClN4O3/c1-2-9-26-18(15-5-3-4-6-16(15)22)13-25-12-17(23-19(25)21(26)29)20(28)24-10-7-14(27)8-11-24/h2-6,12-14,27H,1,7-11H2. The minimum absolute atomic E-state index is 0.169. The lowest BCUT2D eigenvalue weighted by Crippen LogP contribution is -2.40. The topological polar surface area (TPSA) is 79.8 Å². The van der Waals surface area contributed by atoms with Crippen molar-refractivity contribution in [2.24, 2.45) is 0 Å². The Hall–Kier alpha value is -2.90. The Balaban J connectivity index is 1.82. The maximum atomic E-state index is 13.1. The highest BCUT2D eigenvalue weighted by atomic mass is 35.5. The molecule has 0 radical (unpaired) electrons. The molecule has 0 bridgehead atoms. The van der Waals surface area contributed by atoms with Gasteiger partial charge in [0.2, 0.25) is 5.65 Å². The van der Waals surface area contributed by atoms with Crippen LogP contribution in [0.2, 0.25) is 5.02 Å². The Bertz CT molecular complexity index is 1140. The van der Waals surface area contributed by atoms with Crippen molar-refractivity contribution >= 4 is 23.2 Å². The zero-order valence-corrected chi connectivity index (χ0v) is 16.5. The van der Waals surface area contributed by atoms with Crippen LogP contribution in [-0.2, 0) is 6.54 Å². The van der Waals surface area contributed by atoms with Gasteiger partial charge >= 0.3 is 0 Å². The molecule has 1 fully saturated rings. The largest absolute Gasteiger partial charge is 0.393 e. The first-order valence-electron chi connectivity index (χ1n) is 9.45. The van der Waals surface area contributed by atoms with Gasteiger partial charge in [-0.15, -0.1) is 6.58 Å². The minimum Gasteiger partial charge on any atom is -0.393 e. The highest BCUT2D eigenvalue weighted by molar-refractivity contribution is 6.33. The lowest BCUT2D eigenvalue weighted by atomic mass is 10.1. The number of aliphatic hydroxyl groups is 1. The van der Waals surface area contributed by atoms with E-state index >= 15 is 0 Å². The molecule has 1 aliphatic rings. The maximum absolute atomic E-state index is 13.1. The van der Waals surface area contributed by atoms with E-state index < -0.39 is 0 Å². The Labute approximate surface area is 172 Å². The molecule has 150 valence electrons. The van der Waals surface area contributed by atoms with E-state index in [0.717, 1.165) is 0 Å². The fraction of sp³-hybridized carbons (Fsp3) is 0.286. The summed E-state index contributed by atoms with van der Waals surface area (Å²) in [5, 5.41) is 10.2. The molecule has 0 atom stereocenters. The molecule has 1 aromatic carbocycles. The van der Waals surface area contributed by atoms with Crippen molar-refractivity contribution in [1.82, 2.24) is 18.9 Å². The summed E-state index contributed by atoms with van der Waals surface area (Å²) < 4.78 is 3.12. The normalized spacial score (nSPS) is 15.0. The first-order valence-corrected chi connectivity index (χ1v) is 9.83. The molecule has 3 heterocycles. The molecule has 29 heavy (non-hydrogen) atoms. The van der Waals surface area contributed by atoms with Crippen LogP contribution >= 0.6 is 11.6 Å². The Morgan fingerprint density at radius 1 is 1.28 bits per heavy atom. The van der Waals surface area contributed by atoms with Gasteiger partial charge in [-0.05, 0) is 18.9 Å². The van der Waals surface area contributed by atoms with Crippen LogP contribution in [0.5, 0.6) is 0 Å². The molecule has 3 aromatic rings. The van der Waals surface area contributed by atoms with Crippen LogP contribution in [0.25, 0.3) is 16.9 Å². The van der Waals surface area contributed by atoms with Crippen molar-refractivity contribution in [2.45, 2.75) is 25.5 Å². The van der Waals surface area contributed by atoms with E-state index in [0.29, 0.717) is 42.2 Å². The van der Waals surface area contributed by atoms with Crippen molar-refractivity contribution < 1.29 is 9.90 Å². The van der Waals surface area contributed by atoms with Crippen molar-refractivity contribution in [1.29, 1.82) is 0 Å². The number of nitrogens with zero attached hydrogens (tertiary/aromatic N) is 4. The number of carbonyl (C=O) groups excluding carboxylic acids is 1. The first-order chi connectivity index (χ1) is 14.0. The van der Waals surface area contributed by atoms with E-state index in [1.165, 1.54) is 0 Å². The third-order valence-corrected chi connectivity index (χ3v) is 5.48. The number of amides is 1. The average Bonchev–Trinajstić information content (AvgIpc) is 3.15. The van der Waals surface area contributed by atoms with Gasteiger partial charge in [0.15, 0.2) is 0 Å². The van der Waals surface area contributed by atoms with Crippen LogP contribution in [0.15, 0.2) is 54.1 Å². The molecule has 8 heteroatoms. The summed E-state index contributed by atoms with van der Waals surface area (Å²) in [6, 6.07) is 7.27. The zero-order valence-electron chi connectivity index (χ0n) is 15.8. The molecule has 1 N–H and O–H groups in total. The van der Waals surface area contributed by atoms with Crippen LogP contribution in [-0.4, -0.2) is 49.1 Å². The number of allylic oxidation sites excluding steroid dienone is 1. The molecule has 0 unspecified atom stereocenters. The van der Waals surface area contributed by atoms with Gasteiger partial charge in [-0.3, -0.25) is 18.6 Å². The minimum atomic E-state index is -0.371. The number of hydrogen-bond acceptors (Lipinski definition) is 4. The molecule has 1 saturated heterocycles. The van der Waals surface area contributed by atoms with Gasteiger partial charge in [-0.1, -0.05) is 35.9 Å². The third kappa shape index (κ3) is 3.59. The van der Waals surface area contributed by atoms with E-state index in [1.807, 2.05) is 18.2 Å². The summed E-state index contributed by atoms with van der Waals surface area (Å²) in [5.74, 6) is -0.241. The number of carbonyl (C=O) groups is 1. The van der Waals surface area contributed by atoms with Gasteiger partial charge < -0.3 is 10.0 Å². The summed E-state index contributed by atoms with van der Waals surface area (Å²) in [7, 11) is 0. The van der Waals surface area contributed by atoms with Crippen LogP contribution in [0, 0.1) is 0 Å². The van der Waals surface area contributed by atoms with Gasteiger partial charge in [-0.25, -0.2) is 4.98 Å². The molecule has 0 saturated carbocycles. The number of rotatable bonds is 4. The fourth-order valence-corrected chi connectivity index (χ4v) is 3.84. The molecule has 4 rings (SSSR count). The number of aromatic nitrogens is 3. The maximum Gasteiger partial charge on any atom is 0.295 e. The molecule has 2 aromatic heterocycles. The third-order valence-electron chi connectivity index (χ3n) is 5.15. The number of imidazole rings is 1. The second-order valence-corrected chi connectivity index (χ2v) is 7.49. The SMILES string of the molecule is C=CCn1c(-c2ccccc2Cl)cn2cc(C(=O)N3CCC(O)CC3)nc2c1=O. The van der Waals surface area contributed by atoms with Crippen molar-refractivity contribution in [3.05, 3.63) is 70.4 Å². The first kappa shape index (κ1) is 19.4. The zero-order chi connectivity index (χ0) is 20.5. The number of benzene rings is 1. The van der Waals surface area contributed by atoms with E-state index in [-0.39, 0.29) is 35.5 Å². The number of hydrogen-bond donors (Lipinski definition) is 1. The monoisotopic (exact) mass is 412 g/mol. The van der Waals surface area contributed by atoms with E-state index in [4.69, 9.17) is 11.6 Å². The van der Waals surface area contributed by atoms with Crippen LogP contribution < -0.4 is 5.56 Å². The van der Waals surface area contributed by atoms with E-state index in [9.17, 15) is 14.7 Å². The van der Waals surface area contributed by atoms with Crippen molar-refractivity contribution in [3.8, 4) is 11.3 Å². The summed E-state index contributed by atoms with van der Waals surface area (Å²) >= 11 is 6.36. The Morgan fingerprint density at radius 2 is 2.00 bits per heavy atom. The van der Waals surface area contributed by atoms with E-state index in [2.05, 4.69) is 11.6 Å². The lowest BCUT2D eigenvalue weighted by molar-refractivity contribution is 0.0542. The Kier molecular flexibility index (Phi) is 5.25. The molecular weight excluding hydrogens is 392 g/mol. The predicted molar refractivity (Wildman–Crippen MR) is 111 cm³/mol. The quantitative estimate of drug-likeness (QED) is 0.668. The number of likely N-dealkylation sites (tertiary alicyclic amines) is 1. The lowest BCUT2D eigenvalue weighted by Gasteiger charge is -2.28. The molecular formula is C21H21ClN4O3. The number of halogens is 1. The van der Waals surface area contributed by atoms with Crippen molar-refractivity contribution in [3.63, 3.8) is 0 Å². The Morgan fingerprint density at radius 3 is 2.69 bits per heavy atom. The predicted octanol–water partition coefficient (Wildman–Crippen LogP) is 2.60. The second-order valence-electron chi connectivity index (χ2n) is 7.08.